The van der Waals surface area contributed by atoms with Crippen LogP contribution in [-0.4, -0.2) is 10.1 Å². The number of aliphatic hydroxyl groups is 1. The Labute approximate surface area is 111 Å². The molecule has 19 heavy (non-hydrogen) atoms. The Bertz CT molecular complexity index is 618. The first-order valence-corrected chi connectivity index (χ1v) is 5.92. The fourth-order valence-electron chi connectivity index (χ4n) is 1.85. The summed E-state index contributed by atoms with van der Waals surface area (Å²) in [6, 6.07) is 11.2. The van der Waals surface area contributed by atoms with Crippen molar-refractivity contribution in [3.05, 3.63) is 58.9 Å². The van der Waals surface area contributed by atoms with Crippen molar-refractivity contribution in [2.24, 2.45) is 0 Å². The van der Waals surface area contributed by atoms with Crippen LogP contribution in [0.4, 0.5) is 0 Å². The number of benzene rings is 1. The van der Waals surface area contributed by atoms with Crippen LogP contribution in [0.1, 0.15) is 22.4 Å². The van der Waals surface area contributed by atoms with Gasteiger partial charge in [0.1, 0.15) is 24.1 Å². The second kappa shape index (κ2) is 5.98. The van der Waals surface area contributed by atoms with E-state index < -0.39 is 0 Å². The summed E-state index contributed by atoms with van der Waals surface area (Å²) in [5.41, 5.74) is 2.79. The van der Waals surface area contributed by atoms with E-state index in [-0.39, 0.29) is 13.2 Å². The molecule has 0 atom stereocenters. The highest BCUT2D eigenvalue weighted by Crippen LogP contribution is 2.24. The summed E-state index contributed by atoms with van der Waals surface area (Å²) in [6.45, 7) is 2.10. The predicted octanol–water partition coefficient (Wildman–Crippen LogP) is 2.33. The van der Waals surface area contributed by atoms with E-state index in [9.17, 15) is 5.11 Å². The SMILES string of the molecule is Cc1cccc(CO)c1OCc1cccnc1C#N. The predicted molar refractivity (Wildman–Crippen MR) is 70.4 cm³/mol. The number of aromatic nitrogens is 1. The lowest BCUT2D eigenvalue weighted by Crippen LogP contribution is -2.03. The lowest BCUT2D eigenvalue weighted by Gasteiger charge is -2.13. The summed E-state index contributed by atoms with van der Waals surface area (Å²) in [5, 5.41) is 18.3. The molecule has 2 rings (SSSR count). The average molecular weight is 254 g/mol. The van der Waals surface area contributed by atoms with E-state index in [2.05, 4.69) is 4.98 Å². The first-order valence-electron chi connectivity index (χ1n) is 5.92. The monoisotopic (exact) mass is 254 g/mol. The zero-order chi connectivity index (χ0) is 13.7. The van der Waals surface area contributed by atoms with Crippen molar-refractivity contribution in [3.63, 3.8) is 0 Å². The Morgan fingerprint density at radius 1 is 1.26 bits per heavy atom. The van der Waals surface area contributed by atoms with Gasteiger partial charge in [-0.2, -0.15) is 5.26 Å². The number of ether oxygens (including phenoxy) is 1. The highest BCUT2D eigenvalue weighted by atomic mass is 16.5. The molecule has 0 aliphatic carbocycles. The minimum atomic E-state index is -0.0742. The van der Waals surface area contributed by atoms with Gasteiger partial charge in [-0.05, 0) is 18.6 Å². The number of hydrogen-bond acceptors (Lipinski definition) is 4. The maximum atomic E-state index is 9.30. The average Bonchev–Trinajstić information content (AvgIpc) is 2.46. The van der Waals surface area contributed by atoms with E-state index in [4.69, 9.17) is 10.00 Å². The minimum absolute atomic E-state index is 0.0742. The van der Waals surface area contributed by atoms with Crippen LogP contribution in [0, 0.1) is 18.3 Å². The van der Waals surface area contributed by atoms with Crippen molar-refractivity contribution in [2.75, 3.05) is 0 Å². The standard InChI is InChI=1S/C15H14N2O2/c1-11-4-2-5-12(9-18)15(11)19-10-13-6-3-7-17-14(13)8-16/h2-7,18H,9-10H2,1H3. The van der Waals surface area contributed by atoms with Crippen LogP contribution in [0.2, 0.25) is 0 Å². The summed E-state index contributed by atoms with van der Waals surface area (Å²) < 4.78 is 5.74. The highest BCUT2D eigenvalue weighted by Gasteiger charge is 2.08. The second-order valence-corrected chi connectivity index (χ2v) is 4.13. The number of pyridine rings is 1. The van der Waals surface area contributed by atoms with E-state index in [1.165, 1.54) is 0 Å². The molecular weight excluding hydrogens is 240 g/mol. The number of para-hydroxylation sites is 1. The Balaban J connectivity index is 2.22. The molecule has 0 spiro atoms. The zero-order valence-electron chi connectivity index (χ0n) is 10.6. The van der Waals surface area contributed by atoms with E-state index in [1.54, 1.807) is 12.3 Å². The number of nitriles is 1. The maximum absolute atomic E-state index is 9.30. The molecule has 0 fully saturated rings. The van der Waals surface area contributed by atoms with Crippen molar-refractivity contribution in [1.82, 2.24) is 4.98 Å². The third-order valence-corrected chi connectivity index (χ3v) is 2.83. The van der Waals surface area contributed by atoms with Gasteiger partial charge < -0.3 is 9.84 Å². The molecule has 0 saturated heterocycles. The van der Waals surface area contributed by atoms with Crippen LogP contribution in [0.25, 0.3) is 0 Å². The van der Waals surface area contributed by atoms with E-state index in [0.29, 0.717) is 11.4 Å². The summed E-state index contributed by atoms with van der Waals surface area (Å²) in [5.74, 6) is 0.665. The number of rotatable bonds is 4. The fourth-order valence-corrected chi connectivity index (χ4v) is 1.85. The zero-order valence-corrected chi connectivity index (χ0v) is 10.6. The lowest BCUT2D eigenvalue weighted by molar-refractivity contribution is 0.258. The fraction of sp³-hybridized carbons (Fsp3) is 0.200. The van der Waals surface area contributed by atoms with Gasteiger partial charge in [-0.25, -0.2) is 4.98 Å². The lowest BCUT2D eigenvalue weighted by atomic mass is 10.1. The van der Waals surface area contributed by atoms with Gasteiger partial charge >= 0.3 is 0 Å². The maximum Gasteiger partial charge on any atom is 0.147 e. The Morgan fingerprint density at radius 2 is 2.05 bits per heavy atom. The number of nitrogens with zero attached hydrogens (tertiary/aromatic N) is 2. The van der Waals surface area contributed by atoms with Gasteiger partial charge in [0.05, 0.1) is 6.61 Å². The third-order valence-electron chi connectivity index (χ3n) is 2.83. The second-order valence-electron chi connectivity index (χ2n) is 4.13. The van der Waals surface area contributed by atoms with Crippen molar-refractivity contribution in [1.29, 1.82) is 5.26 Å². The van der Waals surface area contributed by atoms with Gasteiger partial charge in [0.15, 0.2) is 0 Å². The molecule has 2 aromatic rings. The molecule has 0 unspecified atom stereocenters. The molecule has 0 amide bonds. The molecule has 1 N–H and O–H groups in total. The molecule has 4 heteroatoms. The molecule has 0 radical (unpaired) electrons. The van der Waals surface area contributed by atoms with E-state index >= 15 is 0 Å². The third kappa shape index (κ3) is 2.90. The number of aryl methyl sites for hydroxylation is 1. The van der Waals surface area contributed by atoms with Crippen molar-refractivity contribution >= 4 is 0 Å². The Hall–Kier alpha value is -2.38. The van der Waals surface area contributed by atoms with Crippen molar-refractivity contribution in [2.45, 2.75) is 20.1 Å². The van der Waals surface area contributed by atoms with Crippen LogP contribution in [0.5, 0.6) is 5.75 Å². The molecule has 4 nitrogen and oxygen atoms in total. The molecular formula is C15H14N2O2. The molecule has 0 aliphatic rings. The Morgan fingerprint density at radius 3 is 2.79 bits per heavy atom. The van der Waals surface area contributed by atoms with Crippen LogP contribution in [-0.2, 0) is 13.2 Å². The molecule has 96 valence electrons. The largest absolute Gasteiger partial charge is 0.488 e. The topological polar surface area (TPSA) is 66.1 Å². The van der Waals surface area contributed by atoms with Gasteiger partial charge in [0.25, 0.3) is 0 Å². The quantitative estimate of drug-likeness (QED) is 0.909. The smallest absolute Gasteiger partial charge is 0.147 e. The van der Waals surface area contributed by atoms with Crippen LogP contribution in [0.3, 0.4) is 0 Å². The summed E-state index contributed by atoms with van der Waals surface area (Å²) in [4.78, 5) is 3.98. The summed E-state index contributed by atoms with van der Waals surface area (Å²) in [6.07, 6.45) is 1.58. The molecule has 1 aromatic heterocycles. The molecule has 0 saturated carbocycles. The Kier molecular flexibility index (Phi) is 4.11. The molecule has 1 heterocycles. The minimum Gasteiger partial charge on any atom is -0.488 e. The summed E-state index contributed by atoms with van der Waals surface area (Å²) >= 11 is 0. The van der Waals surface area contributed by atoms with Crippen LogP contribution >= 0.6 is 0 Å². The number of aliphatic hydroxyl groups excluding tert-OH is 1. The molecule has 1 aromatic carbocycles. The van der Waals surface area contributed by atoms with E-state index in [1.807, 2.05) is 37.3 Å². The number of hydrogen-bond donors (Lipinski definition) is 1. The normalized spacial score (nSPS) is 9.95. The summed E-state index contributed by atoms with van der Waals surface area (Å²) in [7, 11) is 0. The van der Waals surface area contributed by atoms with E-state index in [0.717, 1.165) is 16.7 Å². The molecule has 0 aliphatic heterocycles. The van der Waals surface area contributed by atoms with Gasteiger partial charge in [-0.1, -0.05) is 24.3 Å². The van der Waals surface area contributed by atoms with Crippen molar-refractivity contribution < 1.29 is 9.84 Å². The molecule has 0 bridgehead atoms. The van der Waals surface area contributed by atoms with Gasteiger partial charge in [-0.3, -0.25) is 0 Å². The first kappa shape index (κ1) is 13.1. The van der Waals surface area contributed by atoms with Gasteiger partial charge in [0.2, 0.25) is 0 Å². The van der Waals surface area contributed by atoms with Gasteiger partial charge in [-0.15, -0.1) is 0 Å². The highest BCUT2D eigenvalue weighted by molar-refractivity contribution is 5.41. The first-order chi connectivity index (χ1) is 9.26. The van der Waals surface area contributed by atoms with Crippen molar-refractivity contribution in [3.8, 4) is 11.8 Å². The van der Waals surface area contributed by atoms with Crippen LogP contribution in [0.15, 0.2) is 36.5 Å². The van der Waals surface area contributed by atoms with Gasteiger partial charge in [0, 0.05) is 17.3 Å². The van der Waals surface area contributed by atoms with Crippen LogP contribution < -0.4 is 4.74 Å².